The molecular weight excluding hydrogens is 431 g/mol. The zero-order valence-corrected chi connectivity index (χ0v) is 17.7. The van der Waals surface area contributed by atoms with Gasteiger partial charge < -0.3 is 15.0 Å². The van der Waals surface area contributed by atoms with Crippen LogP contribution in [0.15, 0.2) is 72.8 Å². The number of nitrogens with one attached hydrogen (secondary N) is 1. The molecule has 0 radical (unpaired) electrons. The van der Waals surface area contributed by atoms with Crippen molar-refractivity contribution in [2.75, 3.05) is 41.4 Å². The summed E-state index contributed by atoms with van der Waals surface area (Å²) < 4.78 is 44.6. The number of fused-ring (bicyclic) bond motifs is 1. The van der Waals surface area contributed by atoms with Gasteiger partial charge in [0.15, 0.2) is 0 Å². The van der Waals surface area contributed by atoms with E-state index in [1.807, 2.05) is 30.3 Å². The largest absolute Gasteiger partial charge is 0.416 e. The van der Waals surface area contributed by atoms with E-state index in [4.69, 9.17) is 4.74 Å². The van der Waals surface area contributed by atoms with Gasteiger partial charge in [-0.2, -0.15) is 13.2 Å². The topological polar surface area (TPSA) is 44.8 Å². The van der Waals surface area contributed by atoms with Crippen molar-refractivity contribution in [3.05, 3.63) is 89.5 Å². The Labute approximate surface area is 189 Å². The van der Waals surface area contributed by atoms with Crippen molar-refractivity contribution >= 4 is 23.0 Å². The van der Waals surface area contributed by atoms with Gasteiger partial charge in [-0.05, 0) is 54.1 Å². The molecule has 1 fully saturated rings. The van der Waals surface area contributed by atoms with E-state index in [1.54, 1.807) is 23.1 Å². The molecule has 1 amide bonds. The summed E-state index contributed by atoms with van der Waals surface area (Å²) in [7, 11) is 0. The Kier molecular flexibility index (Phi) is 5.46. The highest BCUT2D eigenvalue weighted by atomic mass is 19.4. The number of ether oxygens (including phenoxy) is 1. The maximum atomic E-state index is 13.5. The Bertz CT molecular complexity index is 1140. The fourth-order valence-electron chi connectivity index (χ4n) is 4.25. The smallest absolute Gasteiger partial charge is 0.378 e. The molecule has 3 aromatic carbocycles. The number of hydrogen-bond acceptors (Lipinski definition) is 4. The van der Waals surface area contributed by atoms with Crippen LogP contribution < -0.4 is 15.1 Å². The summed E-state index contributed by atoms with van der Waals surface area (Å²) in [6.45, 7) is 2.93. The summed E-state index contributed by atoms with van der Waals surface area (Å²) in [5.41, 5.74) is 2.68. The summed E-state index contributed by atoms with van der Waals surface area (Å²) in [6.07, 6.45) is -5.07. The summed E-state index contributed by atoms with van der Waals surface area (Å²) >= 11 is 0. The second-order valence-electron chi connectivity index (χ2n) is 8.00. The lowest BCUT2D eigenvalue weighted by atomic mass is 10.0. The van der Waals surface area contributed by atoms with E-state index in [9.17, 15) is 18.0 Å². The monoisotopic (exact) mass is 453 g/mol. The minimum atomic E-state index is -4.42. The van der Waals surface area contributed by atoms with Crippen LogP contribution in [0.1, 0.15) is 27.7 Å². The predicted octanol–water partition coefficient (Wildman–Crippen LogP) is 5.31. The van der Waals surface area contributed by atoms with E-state index in [0.29, 0.717) is 35.7 Å². The normalized spacial score (nSPS) is 18.6. The molecule has 5 rings (SSSR count). The van der Waals surface area contributed by atoms with Crippen LogP contribution in [-0.2, 0) is 10.9 Å². The highest BCUT2D eigenvalue weighted by Crippen LogP contribution is 2.38. The van der Waals surface area contributed by atoms with Crippen molar-refractivity contribution < 1.29 is 22.7 Å². The minimum Gasteiger partial charge on any atom is -0.378 e. The van der Waals surface area contributed by atoms with Gasteiger partial charge in [-0.25, -0.2) is 0 Å². The first kappa shape index (κ1) is 21.3. The van der Waals surface area contributed by atoms with Gasteiger partial charge in [0.2, 0.25) is 0 Å². The Balaban J connectivity index is 1.51. The second-order valence-corrected chi connectivity index (χ2v) is 8.00. The first-order valence-electron chi connectivity index (χ1n) is 10.7. The second kappa shape index (κ2) is 8.44. The van der Waals surface area contributed by atoms with Crippen LogP contribution in [0.4, 0.5) is 30.2 Å². The van der Waals surface area contributed by atoms with Crippen molar-refractivity contribution in [2.45, 2.75) is 12.3 Å². The molecule has 1 unspecified atom stereocenters. The zero-order valence-electron chi connectivity index (χ0n) is 17.7. The van der Waals surface area contributed by atoms with Crippen LogP contribution in [0.2, 0.25) is 0 Å². The lowest BCUT2D eigenvalue weighted by Gasteiger charge is -2.38. The molecule has 5 nitrogen and oxygen atoms in total. The summed E-state index contributed by atoms with van der Waals surface area (Å²) in [5, 5.41) is 3.33. The number of nitrogens with zero attached hydrogens (tertiary/aromatic N) is 2. The highest BCUT2D eigenvalue weighted by molar-refractivity contribution is 6.12. The van der Waals surface area contributed by atoms with Crippen LogP contribution in [0.5, 0.6) is 0 Å². The number of carbonyl (C=O) groups is 1. The average Bonchev–Trinajstić information content (AvgIpc) is 2.84. The van der Waals surface area contributed by atoms with Gasteiger partial charge in [-0.1, -0.05) is 24.3 Å². The molecule has 0 aromatic heterocycles. The number of rotatable bonds is 3. The summed E-state index contributed by atoms with van der Waals surface area (Å²) in [4.78, 5) is 17.3. The van der Waals surface area contributed by atoms with E-state index in [2.05, 4.69) is 10.2 Å². The molecule has 8 heteroatoms. The van der Waals surface area contributed by atoms with Crippen molar-refractivity contribution in [1.29, 1.82) is 0 Å². The van der Waals surface area contributed by atoms with Crippen molar-refractivity contribution in [1.82, 2.24) is 0 Å². The lowest BCUT2D eigenvalue weighted by molar-refractivity contribution is -0.137. The van der Waals surface area contributed by atoms with Gasteiger partial charge in [-0.15, -0.1) is 0 Å². The van der Waals surface area contributed by atoms with Crippen molar-refractivity contribution in [3.8, 4) is 0 Å². The molecule has 0 bridgehead atoms. The molecule has 1 saturated heterocycles. The molecule has 1 N–H and O–H groups in total. The summed E-state index contributed by atoms with van der Waals surface area (Å²) in [6, 6.07) is 19.7. The first-order valence-corrected chi connectivity index (χ1v) is 10.7. The lowest BCUT2D eigenvalue weighted by Crippen LogP contribution is -2.43. The number of benzene rings is 3. The Hall–Kier alpha value is -3.52. The molecule has 170 valence electrons. The van der Waals surface area contributed by atoms with E-state index in [1.165, 1.54) is 12.1 Å². The number of alkyl halides is 3. The quantitative estimate of drug-likeness (QED) is 0.584. The molecular formula is C25H22F3N3O2. The molecule has 2 heterocycles. The Morgan fingerprint density at radius 3 is 2.15 bits per heavy atom. The van der Waals surface area contributed by atoms with Crippen LogP contribution in [0.25, 0.3) is 0 Å². The third kappa shape index (κ3) is 4.14. The van der Waals surface area contributed by atoms with Gasteiger partial charge in [0.25, 0.3) is 5.91 Å². The van der Waals surface area contributed by atoms with Gasteiger partial charge in [-0.3, -0.25) is 9.69 Å². The van der Waals surface area contributed by atoms with Gasteiger partial charge in [0, 0.05) is 30.2 Å². The van der Waals surface area contributed by atoms with Crippen molar-refractivity contribution in [2.24, 2.45) is 0 Å². The number of anilines is 3. The molecule has 0 saturated carbocycles. The Morgan fingerprint density at radius 1 is 0.848 bits per heavy atom. The molecule has 33 heavy (non-hydrogen) atoms. The first-order chi connectivity index (χ1) is 15.9. The molecule has 2 aliphatic heterocycles. The molecule has 0 aliphatic carbocycles. The van der Waals surface area contributed by atoms with Gasteiger partial charge in [0.1, 0.15) is 6.17 Å². The number of halogens is 3. The molecule has 0 spiro atoms. The van der Waals surface area contributed by atoms with E-state index >= 15 is 0 Å². The zero-order chi connectivity index (χ0) is 23.0. The van der Waals surface area contributed by atoms with Crippen molar-refractivity contribution in [3.63, 3.8) is 0 Å². The summed E-state index contributed by atoms with van der Waals surface area (Å²) in [5.74, 6) is -0.214. The van der Waals surface area contributed by atoms with Crippen LogP contribution in [-0.4, -0.2) is 32.2 Å². The van der Waals surface area contributed by atoms with Crippen LogP contribution in [0, 0.1) is 0 Å². The minimum absolute atomic E-state index is 0.214. The number of para-hydroxylation sites is 1. The van der Waals surface area contributed by atoms with E-state index < -0.39 is 17.9 Å². The van der Waals surface area contributed by atoms with Gasteiger partial charge >= 0.3 is 6.18 Å². The third-order valence-electron chi connectivity index (χ3n) is 5.98. The fourth-order valence-corrected chi connectivity index (χ4v) is 4.25. The third-order valence-corrected chi connectivity index (χ3v) is 5.98. The SMILES string of the molecule is O=C1c2ccccc2NC(c2ccc(C(F)(F)F)cc2)N1c1ccc(N2CCOCC2)cc1. The maximum absolute atomic E-state index is 13.5. The van der Waals surface area contributed by atoms with E-state index in [0.717, 1.165) is 30.9 Å². The average molecular weight is 453 g/mol. The molecule has 1 atom stereocenters. The Morgan fingerprint density at radius 2 is 1.48 bits per heavy atom. The molecule has 3 aromatic rings. The fraction of sp³-hybridized carbons (Fsp3) is 0.240. The highest BCUT2D eigenvalue weighted by Gasteiger charge is 2.35. The van der Waals surface area contributed by atoms with Gasteiger partial charge in [0.05, 0.1) is 24.3 Å². The number of carbonyl (C=O) groups excluding carboxylic acids is 1. The van der Waals surface area contributed by atoms with Crippen LogP contribution in [0.3, 0.4) is 0 Å². The molecule has 2 aliphatic rings. The number of morpholine rings is 1. The van der Waals surface area contributed by atoms with Crippen LogP contribution >= 0.6 is 0 Å². The standard InChI is InChI=1S/C25H22F3N3O2/c26-25(27,28)18-7-5-17(6-8-18)23-29-22-4-2-1-3-21(22)24(32)31(23)20-11-9-19(10-12-20)30-13-15-33-16-14-30/h1-12,23,29H,13-16H2. The predicted molar refractivity (Wildman–Crippen MR) is 121 cm³/mol. The van der Waals surface area contributed by atoms with E-state index in [-0.39, 0.29) is 5.91 Å². The maximum Gasteiger partial charge on any atom is 0.416 e. The number of amides is 1. The number of hydrogen-bond donors (Lipinski definition) is 1.